The van der Waals surface area contributed by atoms with Crippen LogP contribution in [-0.2, 0) is 20.2 Å². The molecule has 0 bridgehead atoms. The highest BCUT2D eigenvalue weighted by molar-refractivity contribution is 7.89. The van der Waals surface area contributed by atoms with E-state index >= 15 is 0 Å². The van der Waals surface area contributed by atoms with Crippen molar-refractivity contribution >= 4 is 21.6 Å². The Bertz CT molecular complexity index is 951. The lowest BCUT2D eigenvalue weighted by Crippen LogP contribution is -2.39. The predicted molar refractivity (Wildman–Crippen MR) is 102 cm³/mol. The van der Waals surface area contributed by atoms with Crippen molar-refractivity contribution in [2.24, 2.45) is 0 Å². The molecule has 0 atom stereocenters. The van der Waals surface area contributed by atoms with Crippen LogP contribution in [0.1, 0.15) is 31.2 Å². The summed E-state index contributed by atoms with van der Waals surface area (Å²) in [5.74, 6) is 0.184. The van der Waals surface area contributed by atoms with Gasteiger partial charge in [-0.2, -0.15) is 0 Å². The third-order valence-electron chi connectivity index (χ3n) is 5.44. The topological polar surface area (TPSA) is 84.5 Å². The Morgan fingerprint density at radius 1 is 1.07 bits per heavy atom. The van der Waals surface area contributed by atoms with Crippen LogP contribution in [0.3, 0.4) is 0 Å². The highest BCUT2D eigenvalue weighted by atomic mass is 32.2. The van der Waals surface area contributed by atoms with Crippen molar-refractivity contribution in [3.63, 3.8) is 0 Å². The summed E-state index contributed by atoms with van der Waals surface area (Å²) in [5.41, 5.74) is 1.39. The van der Waals surface area contributed by atoms with Gasteiger partial charge in [0.05, 0.1) is 10.6 Å². The number of benzene rings is 2. The highest BCUT2D eigenvalue weighted by Crippen LogP contribution is 2.41. The molecular formula is C20H22N2O4S. The van der Waals surface area contributed by atoms with Gasteiger partial charge in [-0.15, -0.1) is 0 Å². The second-order valence-corrected chi connectivity index (χ2v) is 8.94. The first kappa shape index (κ1) is 18.0. The zero-order valence-corrected chi connectivity index (χ0v) is 15.7. The SMILES string of the molecule is O=C1COc2ccc(S(=O)(=O)NCC3(c4ccccc4)CCCC3)cc2N1. The molecule has 1 heterocycles. The summed E-state index contributed by atoms with van der Waals surface area (Å²) in [7, 11) is -3.70. The largest absolute Gasteiger partial charge is 0.482 e. The Morgan fingerprint density at radius 3 is 2.56 bits per heavy atom. The van der Waals surface area contributed by atoms with E-state index in [2.05, 4.69) is 22.2 Å². The van der Waals surface area contributed by atoms with Crippen molar-refractivity contribution in [3.05, 3.63) is 54.1 Å². The molecule has 0 aromatic heterocycles. The van der Waals surface area contributed by atoms with Crippen molar-refractivity contribution in [1.82, 2.24) is 4.72 Å². The molecule has 0 spiro atoms. The minimum Gasteiger partial charge on any atom is -0.482 e. The lowest BCUT2D eigenvalue weighted by atomic mass is 9.79. The molecule has 0 unspecified atom stereocenters. The fraction of sp³-hybridized carbons (Fsp3) is 0.350. The summed E-state index contributed by atoms with van der Waals surface area (Å²) >= 11 is 0. The molecule has 2 aromatic rings. The number of carbonyl (C=O) groups excluding carboxylic acids is 1. The van der Waals surface area contributed by atoms with E-state index in [4.69, 9.17) is 4.74 Å². The number of rotatable bonds is 5. The first-order valence-electron chi connectivity index (χ1n) is 9.10. The van der Waals surface area contributed by atoms with E-state index in [1.807, 2.05) is 18.2 Å². The Labute approximate surface area is 159 Å². The number of fused-ring (bicyclic) bond motifs is 1. The van der Waals surface area contributed by atoms with Crippen molar-refractivity contribution in [1.29, 1.82) is 0 Å². The molecule has 2 N–H and O–H groups in total. The standard InChI is InChI=1S/C20H22N2O4S/c23-19-13-26-18-9-8-16(12-17(18)22-19)27(24,25)21-14-20(10-4-5-11-20)15-6-2-1-3-7-15/h1-3,6-9,12,21H,4-5,10-11,13-14H2,(H,22,23). The van der Waals surface area contributed by atoms with Crippen LogP contribution in [0.2, 0.25) is 0 Å². The van der Waals surface area contributed by atoms with Gasteiger partial charge in [0.2, 0.25) is 10.0 Å². The van der Waals surface area contributed by atoms with Crippen LogP contribution in [0.4, 0.5) is 5.69 Å². The van der Waals surface area contributed by atoms with Crippen LogP contribution >= 0.6 is 0 Å². The molecular weight excluding hydrogens is 364 g/mol. The number of nitrogens with one attached hydrogen (secondary N) is 2. The van der Waals surface area contributed by atoms with Crippen molar-refractivity contribution < 1.29 is 17.9 Å². The molecule has 142 valence electrons. The average Bonchev–Trinajstić information content (AvgIpc) is 3.17. The highest BCUT2D eigenvalue weighted by Gasteiger charge is 2.36. The Morgan fingerprint density at radius 2 is 1.81 bits per heavy atom. The first-order valence-corrected chi connectivity index (χ1v) is 10.6. The molecule has 1 amide bonds. The number of anilines is 1. The minimum absolute atomic E-state index is 0.0586. The third kappa shape index (κ3) is 3.57. The van der Waals surface area contributed by atoms with E-state index < -0.39 is 10.0 Å². The third-order valence-corrected chi connectivity index (χ3v) is 6.84. The van der Waals surface area contributed by atoms with Crippen LogP contribution < -0.4 is 14.8 Å². The van der Waals surface area contributed by atoms with Crippen LogP contribution in [-0.4, -0.2) is 27.5 Å². The van der Waals surface area contributed by atoms with E-state index in [0.29, 0.717) is 18.0 Å². The van der Waals surface area contributed by atoms with Gasteiger partial charge < -0.3 is 10.1 Å². The van der Waals surface area contributed by atoms with Crippen molar-refractivity contribution in [2.75, 3.05) is 18.5 Å². The summed E-state index contributed by atoms with van der Waals surface area (Å²) in [5, 5.41) is 2.65. The van der Waals surface area contributed by atoms with Gasteiger partial charge in [-0.1, -0.05) is 43.2 Å². The second-order valence-electron chi connectivity index (χ2n) is 7.17. The number of amides is 1. The van der Waals surface area contributed by atoms with Gasteiger partial charge in [-0.05, 0) is 36.6 Å². The zero-order chi connectivity index (χ0) is 18.9. The van der Waals surface area contributed by atoms with Gasteiger partial charge in [0.15, 0.2) is 6.61 Å². The number of sulfonamides is 1. The molecule has 1 aliphatic carbocycles. The van der Waals surface area contributed by atoms with Crippen LogP contribution in [0.5, 0.6) is 5.75 Å². The molecule has 27 heavy (non-hydrogen) atoms. The summed E-state index contributed by atoms with van der Waals surface area (Å²) in [6, 6.07) is 14.6. The number of hydrogen-bond donors (Lipinski definition) is 2. The van der Waals surface area contributed by atoms with E-state index in [0.717, 1.165) is 25.7 Å². The molecule has 6 nitrogen and oxygen atoms in total. The normalized spacial score (nSPS) is 18.4. The predicted octanol–water partition coefficient (Wildman–Crippen LogP) is 2.81. The van der Waals surface area contributed by atoms with Crippen LogP contribution in [0.25, 0.3) is 0 Å². The molecule has 0 saturated heterocycles. The average molecular weight is 386 g/mol. The first-order chi connectivity index (χ1) is 13.0. The smallest absolute Gasteiger partial charge is 0.262 e. The summed E-state index contributed by atoms with van der Waals surface area (Å²) < 4.78 is 33.8. The monoisotopic (exact) mass is 386 g/mol. The van der Waals surface area contributed by atoms with Crippen molar-refractivity contribution in [3.8, 4) is 5.75 Å². The fourth-order valence-electron chi connectivity index (χ4n) is 3.96. The zero-order valence-electron chi connectivity index (χ0n) is 14.9. The van der Waals surface area contributed by atoms with E-state index in [-0.39, 0.29) is 22.8 Å². The van der Waals surface area contributed by atoms with Gasteiger partial charge in [0, 0.05) is 12.0 Å². The van der Waals surface area contributed by atoms with Crippen LogP contribution in [0.15, 0.2) is 53.4 Å². The maximum absolute atomic E-state index is 12.9. The molecule has 0 radical (unpaired) electrons. The maximum atomic E-state index is 12.9. The summed E-state index contributed by atoms with van der Waals surface area (Å²) in [6.45, 7) is 0.302. The molecule has 1 saturated carbocycles. The molecule has 1 aliphatic heterocycles. The fourth-order valence-corrected chi connectivity index (χ4v) is 5.11. The Kier molecular flexibility index (Phi) is 4.65. The van der Waals surface area contributed by atoms with Crippen molar-refractivity contribution in [2.45, 2.75) is 36.0 Å². The minimum atomic E-state index is -3.70. The lowest BCUT2D eigenvalue weighted by Gasteiger charge is -2.30. The van der Waals surface area contributed by atoms with E-state index in [1.54, 1.807) is 6.07 Å². The molecule has 2 aromatic carbocycles. The summed E-state index contributed by atoms with van der Waals surface area (Å²) in [6.07, 6.45) is 4.12. The van der Waals surface area contributed by atoms with Gasteiger partial charge in [-0.3, -0.25) is 4.79 Å². The molecule has 1 fully saturated rings. The molecule has 7 heteroatoms. The lowest BCUT2D eigenvalue weighted by molar-refractivity contribution is -0.118. The summed E-state index contributed by atoms with van der Waals surface area (Å²) in [4.78, 5) is 11.6. The number of ether oxygens (including phenoxy) is 1. The van der Waals surface area contributed by atoms with Crippen LogP contribution in [0, 0.1) is 0 Å². The van der Waals surface area contributed by atoms with Gasteiger partial charge >= 0.3 is 0 Å². The van der Waals surface area contributed by atoms with Gasteiger partial charge in [0.1, 0.15) is 5.75 Å². The molecule has 2 aliphatic rings. The Hall–Kier alpha value is -2.38. The quantitative estimate of drug-likeness (QED) is 0.828. The number of carbonyl (C=O) groups is 1. The second kappa shape index (κ2) is 6.98. The van der Waals surface area contributed by atoms with E-state index in [9.17, 15) is 13.2 Å². The Balaban J connectivity index is 1.56. The maximum Gasteiger partial charge on any atom is 0.262 e. The van der Waals surface area contributed by atoms with Gasteiger partial charge in [-0.25, -0.2) is 13.1 Å². The number of hydrogen-bond acceptors (Lipinski definition) is 4. The van der Waals surface area contributed by atoms with Gasteiger partial charge in [0.25, 0.3) is 5.91 Å². The molecule has 4 rings (SSSR count). The van der Waals surface area contributed by atoms with E-state index in [1.165, 1.54) is 17.7 Å².